The third-order valence-electron chi connectivity index (χ3n) is 3.43. The Bertz CT molecular complexity index is 895. The number of benzene rings is 2. The van der Waals surface area contributed by atoms with Crippen LogP contribution in [0.25, 0.3) is 10.9 Å². The van der Waals surface area contributed by atoms with E-state index in [1.165, 1.54) is 0 Å². The largest absolute Gasteiger partial charge is 0.395 e. The zero-order valence-electron chi connectivity index (χ0n) is 12.4. The minimum atomic E-state index is -0.969. The van der Waals surface area contributed by atoms with Crippen LogP contribution in [0, 0.1) is 11.6 Å². The number of aromatic amines is 1. The van der Waals surface area contributed by atoms with E-state index >= 15 is 0 Å². The number of anilines is 2. The van der Waals surface area contributed by atoms with E-state index in [9.17, 15) is 13.6 Å². The van der Waals surface area contributed by atoms with Crippen LogP contribution < -0.4 is 10.6 Å². The summed E-state index contributed by atoms with van der Waals surface area (Å²) in [5.74, 6) is -2.51. The Hall–Kier alpha value is -3.00. The van der Waals surface area contributed by atoms with Crippen LogP contribution in [0.4, 0.5) is 20.2 Å². The Balaban J connectivity index is 1.85. The van der Waals surface area contributed by atoms with Crippen molar-refractivity contribution in [1.29, 1.82) is 0 Å². The number of amides is 1. The second kappa shape index (κ2) is 6.63. The van der Waals surface area contributed by atoms with Gasteiger partial charge >= 0.3 is 0 Å². The Morgan fingerprint density at radius 1 is 1.21 bits per heavy atom. The Kier molecular flexibility index (Phi) is 4.39. The van der Waals surface area contributed by atoms with Gasteiger partial charge in [0.2, 0.25) is 0 Å². The highest BCUT2D eigenvalue weighted by Crippen LogP contribution is 2.22. The molecule has 124 valence electrons. The number of carbonyl (C=O) groups excluding carboxylic acids is 1. The molecule has 0 saturated carbocycles. The van der Waals surface area contributed by atoms with Crippen LogP contribution in [-0.4, -0.2) is 34.4 Å². The molecule has 0 radical (unpaired) electrons. The molecule has 4 N–H and O–H groups in total. The van der Waals surface area contributed by atoms with E-state index < -0.39 is 17.5 Å². The molecule has 3 rings (SSSR count). The summed E-state index contributed by atoms with van der Waals surface area (Å²) in [6.07, 6.45) is 1.60. The van der Waals surface area contributed by atoms with Crippen molar-refractivity contribution >= 4 is 28.2 Å². The molecular formula is C16H14F2N4O2. The summed E-state index contributed by atoms with van der Waals surface area (Å²) in [5.41, 5.74) is 0.906. The third kappa shape index (κ3) is 3.18. The molecule has 0 atom stereocenters. The van der Waals surface area contributed by atoms with Crippen LogP contribution in [0.15, 0.2) is 36.5 Å². The molecule has 1 heterocycles. The van der Waals surface area contributed by atoms with Crippen LogP contribution in [0.5, 0.6) is 0 Å². The van der Waals surface area contributed by atoms with Gasteiger partial charge in [0.05, 0.1) is 29.6 Å². The smallest absolute Gasteiger partial charge is 0.258 e. The number of hydrogen-bond acceptors (Lipinski definition) is 4. The lowest BCUT2D eigenvalue weighted by Crippen LogP contribution is -2.15. The second-order valence-electron chi connectivity index (χ2n) is 5.09. The molecule has 0 aliphatic rings. The Morgan fingerprint density at radius 3 is 2.83 bits per heavy atom. The standard InChI is InChI=1S/C16H14F2N4O2/c17-12-7-13(18)15(19-3-4-23)6-11(12)16(24)21-10-1-2-14-9(5-10)8-20-22-14/h1-2,5-8,19,23H,3-4H2,(H,20,22)(H,21,24). The van der Waals surface area contributed by atoms with Crippen molar-refractivity contribution in [1.82, 2.24) is 10.2 Å². The summed E-state index contributed by atoms with van der Waals surface area (Å²) in [5, 5.41) is 21.4. The molecule has 2 aromatic carbocycles. The molecule has 0 aliphatic heterocycles. The molecule has 0 saturated heterocycles. The maximum absolute atomic E-state index is 13.9. The molecule has 24 heavy (non-hydrogen) atoms. The number of rotatable bonds is 5. The molecule has 0 bridgehead atoms. The number of nitrogens with zero attached hydrogens (tertiary/aromatic N) is 1. The third-order valence-corrected chi connectivity index (χ3v) is 3.43. The van der Waals surface area contributed by atoms with Gasteiger partial charge in [0.25, 0.3) is 5.91 Å². The number of carbonyl (C=O) groups is 1. The molecule has 1 aromatic heterocycles. The van der Waals surface area contributed by atoms with Crippen LogP contribution in [0.2, 0.25) is 0 Å². The van der Waals surface area contributed by atoms with Gasteiger partial charge < -0.3 is 15.7 Å². The zero-order chi connectivity index (χ0) is 17.1. The van der Waals surface area contributed by atoms with Crippen molar-refractivity contribution in [3.63, 3.8) is 0 Å². The SMILES string of the molecule is O=C(Nc1ccc2[nH]ncc2c1)c1cc(NCCO)c(F)cc1F. The fraction of sp³-hybridized carbons (Fsp3) is 0.125. The van der Waals surface area contributed by atoms with Crippen molar-refractivity contribution in [3.8, 4) is 0 Å². The van der Waals surface area contributed by atoms with E-state index in [1.54, 1.807) is 24.4 Å². The maximum atomic E-state index is 13.9. The highest BCUT2D eigenvalue weighted by molar-refractivity contribution is 6.05. The number of H-pyrrole nitrogens is 1. The van der Waals surface area contributed by atoms with E-state index in [2.05, 4.69) is 20.8 Å². The monoisotopic (exact) mass is 332 g/mol. The van der Waals surface area contributed by atoms with Crippen molar-refractivity contribution in [2.45, 2.75) is 0 Å². The molecule has 3 aromatic rings. The molecule has 0 fully saturated rings. The average molecular weight is 332 g/mol. The van der Waals surface area contributed by atoms with Gasteiger partial charge in [-0.3, -0.25) is 9.89 Å². The predicted octanol–water partition coefficient (Wildman–Crippen LogP) is 2.50. The van der Waals surface area contributed by atoms with Gasteiger partial charge in [-0.2, -0.15) is 5.10 Å². The normalized spacial score (nSPS) is 10.8. The first-order chi connectivity index (χ1) is 11.6. The zero-order valence-corrected chi connectivity index (χ0v) is 12.4. The van der Waals surface area contributed by atoms with E-state index in [4.69, 9.17) is 5.11 Å². The molecule has 0 unspecified atom stereocenters. The number of aromatic nitrogens is 2. The lowest BCUT2D eigenvalue weighted by Gasteiger charge is -2.10. The van der Waals surface area contributed by atoms with Gasteiger partial charge in [-0.15, -0.1) is 0 Å². The number of nitrogens with one attached hydrogen (secondary N) is 3. The van der Waals surface area contributed by atoms with Gasteiger partial charge in [0.1, 0.15) is 11.6 Å². The lowest BCUT2D eigenvalue weighted by molar-refractivity contribution is 0.102. The summed E-state index contributed by atoms with van der Waals surface area (Å²) in [6.45, 7) is -0.135. The van der Waals surface area contributed by atoms with Crippen LogP contribution >= 0.6 is 0 Å². The Morgan fingerprint density at radius 2 is 2.04 bits per heavy atom. The summed E-state index contributed by atoms with van der Waals surface area (Å²) in [6, 6.07) is 6.76. The molecule has 8 heteroatoms. The van der Waals surface area contributed by atoms with Crippen molar-refractivity contribution < 1.29 is 18.7 Å². The molecule has 6 nitrogen and oxygen atoms in total. The van der Waals surface area contributed by atoms with E-state index in [1.807, 2.05) is 0 Å². The summed E-state index contributed by atoms with van der Waals surface area (Å²) < 4.78 is 27.6. The molecule has 1 amide bonds. The van der Waals surface area contributed by atoms with Crippen molar-refractivity contribution in [2.24, 2.45) is 0 Å². The first kappa shape index (κ1) is 15.9. The van der Waals surface area contributed by atoms with Crippen molar-refractivity contribution in [2.75, 3.05) is 23.8 Å². The summed E-state index contributed by atoms with van der Waals surface area (Å²) in [7, 11) is 0. The minimum absolute atomic E-state index is 0.0547. The van der Waals surface area contributed by atoms with Crippen LogP contribution in [-0.2, 0) is 0 Å². The van der Waals surface area contributed by atoms with Crippen molar-refractivity contribution in [3.05, 3.63) is 53.7 Å². The molecule has 0 spiro atoms. The van der Waals surface area contributed by atoms with E-state index in [-0.39, 0.29) is 24.4 Å². The fourth-order valence-electron chi connectivity index (χ4n) is 2.27. The molecule has 0 aliphatic carbocycles. The second-order valence-corrected chi connectivity index (χ2v) is 5.09. The van der Waals surface area contributed by atoms with Gasteiger partial charge in [-0.05, 0) is 24.3 Å². The van der Waals surface area contributed by atoms with Crippen LogP contribution in [0.3, 0.4) is 0 Å². The van der Waals surface area contributed by atoms with E-state index in [0.717, 1.165) is 17.0 Å². The number of halogens is 2. The first-order valence-corrected chi connectivity index (χ1v) is 7.17. The quantitative estimate of drug-likeness (QED) is 0.578. The summed E-state index contributed by atoms with van der Waals surface area (Å²) >= 11 is 0. The number of aliphatic hydroxyl groups is 1. The maximum Gasteiger partial charge on any atom is 0.258 e. The van der Waals surface area contributed by atoms with Crippen LogP contribution in [0.1, 0.15) is 10.4 Å². The highest BCUT2D eigenvalue weighted by atomic mass is 19.1. The van der Waals surface area contributed by atoms with E-state index in [0.29, 0.717) is 11.8 Å². The fourth-order valence-corrected chi connectivity index (χ4v) is 2.27. The summed E-state index contributed by atoms with van der Waals surface area (Å²) in [4.78, 5) is 12.3. The minimum Gasteiger partial charge on any atom is -0.395 e. The van der Waals surface area contributed by atoms with Gasteiger partial charge in [-0.1, -0.05) is 0 Å². The first-order valence-electron chi connectivity index (χ1n) is 7.17. The van der Waals surface area contributed by atoms with Gasteiger partial charge in [-0.25, -0.2) is 8.78 Å². The van der Waals surface area contributed by atoms with Gasteiger partial charge in [0, 0.05) is 23.7 Å². The lowest BCUT2D eigenvalue weighted by atomic mass is 10.1. The average Bonchev–Trinajstić information content (AvgIpc) is 3.01. The molecular weight excluding hydrogens is 318 g/mol. The number of fused-ring (bicyclic) bond motifs is 1. The number of aliphatic hydroxyl groups excluding tert-OH is 1. The topological polar surface area (TPSA) is 90.0 Å². The van der Waals surface area contributed by atoms with Gasteiger partial charge in [0.15, 0.2) is 0 Å². The predicted molar refractivity (Wildman–Crippen MR) is 86.0 cm³/mol. The highest BCUT2D eigenvalue weighted by Gasteiger charge is 2.16. The Labute approximate surface area is 135 Å². The number of hydrogen-bond donors (Lipinski definition) is 4.